The maximum atomic E-state index is 5.66. The Morgan fingerprint density at radius 2 is 2.12 bits per heavy atom. The second-order valence-electron chi connectivity index (χ2n) is 4.84. The van der Waals surface area contributed by atoms with Crippen LogP contribution in [0.15, 0.2) is 10.7 Å². The second kappa shape index (κ2) is 5.21. The summed E-state index contributed by atoms with van der Waals surface area (Å²) in [5.41, 5.74) is 5.66. The molecular weight excluding hydrogens is 280 g/mol. The molecule has 2 atom stereocenters. The third kappa shape index (κ3) is 2.70. The maximum Gasteiger partial charge on any atom is 0.222 e. The summed E-state index contributed by atoms with van der Waals surface area (Å²) in [7, 11) is 2.10. The van der Waals surface area contributed by atoms with Crippen LogP contribution in [0.25, 0.3) is 0 Å². The van der Waals surface area contributed by atoms with E-state index in [-0.39, 0.29) is 0 Å². The van der Waals surface area contributed by atoms with Crippen molar-refractivity contribution in [3.63, 3.8) is 0 Å². The summed E-state index contributed by atoms with van der Waals surface area (Å²) in [6.45, 7) is 2.32. The largest absolute Gasteiger partial charge is 0.368 e. The average Bonchev–Trinajstić information content (AvgIpc) is 2.32. The van der Waals surface area contributed by atoms with Crippen molar-refractivity contribution in [2.45, 2.75) is 38.6 Å². The first-order valence-electron chi connectivity index (χ1n) is 6.10. The van der Waals surface area contributed by atoms with Gasteiger partial charge in [0.05, 0.1) is 4.47 Å². The highest BCUT2D eigenvalue weighted by Crippen LogP contribution is 2.32. The van der Waals surface area contributed by atoms with E-state index in [2.05, 4.69) is 44.8 Å². The number of hydrogen-bond acceptors (Lipinski definition) is 4. The number of nitrogens with two attached hydrogens (primary N) is 1. The molecule has 1 aliphatic rings. The maximum absolute atomic E-state index is 5.66. The van der Waals surface area contributed by atoms with Crippen molar-refractivity contribution in [2.24, 2.45) is 5.92 Å². The zero-order valence-electron chi connectivity index (χ0n) is 10.4. The van der Waals surface area contributed by atoms with E-state index >= 15 is 0 Å². The highest BCUT2D eigenvalue weighted by atomic mass is 79.9. The van der Waals surface area contributed by atoms with Crippen molar-refractivity contribution in [2.75, 3.05) is 17.7 Å². The smallest absolute Gasteiger partial charge is 0.222 e. The van der Waals surface area contributed by atoms with Gasteiger partial charge in [0, 0.05) is 19.3 Å². The molecule has 4 nitrogen and oxygen atoms in total. The number of anilines is 2. The molecule has 0 saturated heterocycles. The van der Waals surface area contributed by atoms with Crippen LogP contribution < -0.4 is 10.6 Å². The van der Waals surface area contributed by atoms with Gasteiger partial charge in [0.1, 0.15) is 5.82 Å². The standard InChI is InChI=1S/C12H19BrN4/c1-8-5-3-4-6-10(8)17(2)11-9(13)7-15-12(14)16-11/h7-8,10H,3-6H2,1-2H3,(H2,14,15,16). The van der Waals surface area contributed by atoms with Gasteiger partial charge in [-0.1, -0.05) is 19.8 Å². The first-order chi connectivity index (χ1) is 8.09. The van der Waals surface area contributed by atoms with Crippen LogP contribution in [0.4, 0.5) is 11.8 Å². The Hall–Kier alpha value is -0.840. The summed E-state index contributed by atoms with van der Waals surface area (Å²) in [4.78, 5) is 10.5. The van der Waals surface area contributed by atoms with Gasteiger partial charge in [-0.2, -0.15) is 4.98 Å². The van der Waals surface area contributed by atoms with Crippen molar-refractivity contribution >= 4 is 27.7 Å². The van der Waals surface area contributed by atoms with Crippen molar-refractivity contribution in [1.82, 2.24) is 9.97 Å². The summed E-state index contributed by atoms with van der Waals surface area (Å²) < 4.78 is 0.909. The number of hydrogen-bond donors (Lipinski definition) is 1. The average molecular weight is 299 g/mol. The Labute approximate surface area is 111 Å². The lowest BCUT2D eigenvalue weighted by Gasteiger charge is -2.37. The number of nitrogen functional groups attached to an aromatic ring is 1. The number of rotatable bonds is 2. The zero-order chi connectivity index (χ0) is 12.4. The fourth-order valence-corrected chi connectivity index (χ4v) is 3.12. The van der Waals surface area contributed by atoms with E-state index in [9.17, 15) is 0 Å². The highest BCUT2D eigenvalue weighted by Gasteiger charge is 2.26. The van der Waals surface area contributed by atoms with E-state index in [0.717, 1.165) is 10.3 Å². The number of halogens is 1. The molecule has 1 fully saturated rings. The third-order valence-electron chi connectivity index (χ3n) is 3.64. The fraction of sp³-hybridized carbons (Fsp3) is 0.667. The van der Waals surface area contributed by atoms with Crippen molar-refractivity contribution in [1.29, 1.82) is 0 Å². The molecule has 0 aliphatic heterocycles. The van der Waals surface area contributed by atoms with Crippen LogP contribution in [0.1, 0.15) is 32.6 Å². The lowest BCUT2D eigenvalue weighted by molar-refractivity contribution is 0.320. The van der Waals surface area contributed by atoms with E-state index in [4.69, 9.17) is 5.73 Å². The van der Waals surface area contributed by atoms with Gasteiger partial charge < -0.3 is 10.6 Å². The molecule has 2 N–H and O–H groups in total. The molecule has 0 bridgehead atoms. The summed E-state index contributed by atoms with van der Waals surface area (Å²) in [5, 5.41) is 0. The van der Waals surface area contributed by atoms with Crippen LogP contribution in [0.2, 0.25) is 0 Å². The van der Waals surface area contributed by atoms with Crippen LogP contribution in [0.3, 0.4) is 0 Å². The monoisotopic (exact) mass is 298 g/mol. The Kier molecular flexibility index (Phi) is 3.86. The van der Waals surface area contributed by atoms with Gasteiger partial charge in [-0.15, -0.1) is 0 Å². The molecular formula is C12H19BrN4. The minimum atomic E-state index is 0.332. The number of nitrogens with zero attached hydrogens (tertiary/aromatic N) is 3. The normalized spacial score (nSPS) is 24.6. The van der Waals surface area contributed by atoms with Crippen molar-refractivity contribution in [3.05, 3.63) is 10.7 Å². The third-order valence-corrected chi connectivity index (χ3v) is 4.20. The molecule has 2 unspecified atom stereocenters. The van der Waals surface area contributed by atoms with Gasteiger partial charge >= 0.3 is 0 Å². The van der Waals surface area contributed by atoms with Crippen LogP contribution in [-0.4, -0.2) is 23.1 Å². The predicted octanol–water partition coefficient (Wildman–Crippen LogP) is 2.84. The Bertz CT molecular complexity index is 396. The minimum absolute atomic E-state index is 0.332. The molecule has 1 aromatic rings. The summed E-state index contributed by atoms with van der Waals surface area (Å²) in [6, 6.07) is 0.550. The molecule has 1 aromatic heterocycles. The van der Waals surface area contributed by atoms with Gasteiger partial charge in [0.25, 0.3) is 0 Å². The fourth-order valence-electron chi connectivity index (χ4n) is 2.65. The second-order valence-corrected chi connectivity index (χ2v) is 5.69. The molecule has 0 radical (unpaired) electrons. The summed E-state index contributed by atoms with van der Waals surface area (Å²) in [5.74, 6) is 1.94. The van der Waals surface area contributed by atoms with Gasteiger partial charge in [-0.25, -0.2) is 4.98 Å². The van der Waals surface area contributed by atoms with Gasteiger partial charge in [-0.3, -0.25) is 0 Å². The first kappa shape index (κ1) is 12.6. The topological polar surface area (TPSA) is 55.0 Å². The van der Waals surface area contributed by atoms with Crippen LogP contribution >= 0.6 is 15.9 Å². The summed E-state index contributed by atoms with van der Waals surface area (Å²) >= 11 is 3.50. The molecule has 1 heterocycles. The Balaban J connectivity index is 2.23. The van der Waals surface area contributed by atoms with Gasteiger partial charge in [0.15, 0.2) is 0 Å². The van der Waals surface area contributed by atoms with Crippen LogP contribution in [0, 0.1) is 5.92 Å². The lowest BCUT2D eigenvalue weighted by Crippen LogP contribution is -2.39. The molecule has 2 rings (SSSR count). The highest BCUT2D eigenvalue weighted by molar-refractivity contribution is 9.10. The number of aromatic nitrogens is 2. The summed E-state index contributed by atoms with van der Waals surface area (Å²) in [6.07, 6.45) is 6.90. The van der Waals surface area contributed by atoms with E-state index in [1.165, 1.54) is 25.7 Å². The molecule has 1 aliphatic carbocycles. The van der Waals surface area contributed by atoms with Gasteiger partial charge in [0.2, 0.25) is 5.95 Å². The van der Waals surface area contributed by atoms with Crippen molar-refractivity contribution < 1.29 is 0 Å². The van der Waals surface area contributed by atoms with Crippen LogP contribution in [-0.2, 0) is 0 Å². The van der Waals surface area contributed by atoms with E-state index in [1.54, 1.807) is 6.20 Å². The Morgan fingerprint density at radius 1 is 1.41 bits per heavy atom. The van der Waals surface area contributed by atoms with Crippen LogP contribution in [0.5, 0.6) is 0 Å². The van der Waals surface area contributed by atoms with E-state index < -0.39 is 0 Å². The van der Waals surface area contributed by atoms with Crippen molar-refractivity contribution in [3.8, 4) is 0 Å². The SMILES string of the molecule is CC1CCCCC1N(C)c1nc(N)ncc1Br. The zero-order valence-corrected chi connectivity index (χ0v) is 11.9. The quantitative estimate of drug-likeness (QED) is 0.912. The molecule has 0 spiro atoms. The predicted molar refractivity (Wildman–Crippen MR) is 74.0 cm³/mol. The van der Waals surface area contributed by atoms with E-state index in [1.807, 2.05) is 0 Å². The van der Waals surface area contributed by atoms with E-state index in [0.29, 0.717) is 17.9 Å². The molecule has 1 saturated carbocycles. The molecule has 0 aromatic carbocycles. The molecule has 5 heteroatoms. The Morgan fingerprint density at radius 3 is 2.82 bits per heavy atom. The lowest BCUT2D eigenvalue weighted by atomic mass is 9.85. The molecule has 94 valence electrons. The van der Waals surface area contributed by atoms with Gasteiger partial charge in [-0.05, 0) is 34.7 Å². The minimum Gasteiger partial charge on any atom is -0.368 e. The molecule has 0 amide bonds. The first-order valence-corrected chi connectivity index (χ1v) is 6.89. The molecule has 17 heavy (non-hydrogen) atoms.